The van der Waals surface area contributed by atoms with E-state index in [1.807, 2.05) is 12.4 Å². The van der Waals surface area contributed by atoms with Gasteiger partial charge in [-0.15, -0.1) is 0 Å². The monoisotopic (exact) mass is 406 g/mol. The molecule has 0 amide bonds. The molecule has 0 bridgehead atoms. The molecular formula is C17H16BrFN4S. The molecule has 0 unspecified atom stereocenters. The zero-order valence-corrected chi connectivity index (χ0v) is 15.4. The molecule has 0 saturated carbocycles. The number of benzene rings is 1. The molecule has 7 heteroatoms. The first kappa shape index (κ1) is 17.2. The van der Waals surface area contributed by atoms with Crippen LogP contribution in [0.25, 0.3) is 4.85 Å². The minimum absolute atomic E-state index is 0.316. The first-order valence-corrected chi connectivity index (χ1v) is 9.65. The Kier molecular flexibility index (Phi) is 5.69. The Bertz CT molecular complexity index is 739. The molecule has 0 atom stereocenters. The van der Waals surface area contributed by atoms with Crippen LogP contribution in [0.3, 0.4) is 0 Å². The second kappa shape index (κ2) is 7.95. The lowest BCUT2D eigenvalue weighted by molar-refractivity contribution is 0.565. The predicted molar refractivity (Wildman–Crippen MR) is 98.4 cm³/mol. The average molecular weight is 407 g/mol. The van der Waals surface area contributed by atoms with Crippen molar-refractivity contribution in [1.82, 2.24) is 9.97 Å². The fraction of sp³-hybridized carbons (Fsp3) is 0.353. The fourth-order valence-electron chi connectivity index (χ4n) is 2.66. The van der Waals surface area contributed by atoms with Crippen molar-refractivity contribution in [2.75, 3.05) is 18.0 Å². The average Bonchev–Trinajstić information content (AvgIpc) is 2.63. The van der Waals surface area contributed by atoms with E-state index in [-0.39, 0.29) is 5.82 Å². The third-order valence-electron chi connectivity index (χ3n) is 3.95. The number of anilines is 1. The van der Waals surface area contributed by atoms with Gasteiger partial charge < -0.3 is 4.90 Å². The van der Waals surface area contributed by atoms with Gasteiger partial charge in [-0.1, -0.05) is 33.8 Å². The summed E-state index contributed by atoms with van der Waals surface area (Å²) in [6.07, 6.45) is 5.59. The van der Waals surface area contributed by atoms with E-state index in [4.69, 9.17) is 6.57 Å². The predicted octanol–water partition coefficient (Wildman–Crippen LogP) is 4.82. The van der Waals surface area contributed by atoms with Crippen LogP contribution < -0.4 is 4.90 Å². The highest BCUT2D eigenvalue weighted by atomic mass is 79.9. The first-order valence-electron chi connectivity index (χ1n) is 7.65. The van der Waals surface area contributed by atoms with Crippen LogP contribution in [0.2, 0.25) is 0 Å². The van der Waals surface area contributed by atoms with E-state index in [1.54, 1.807) is 23.9 Å². The zero-order valence-electron chi connectivity index (χ0n) is 13.0. The van der Waals surface area contributed by atoms with Gasteiger partial charge in [-0.05, 0) is 30.5 Å². The summed E-state index contributed by atoms with van der Waals surface area (Å²) in [7, 11) is 0. The van der Waals surface area contributed by atoms with Crippen molar-refractivity contribution >= 4 is 39.1 Å². The second-order valence-corrected chi connectivity index (χ2v) is 7.39. The Morgan fingerprint density at radius 1 is 1.29 bits per heavy atom. The lowest BCUT2D eigenvalue weighted by Gasteiger charge is -2.33. The van der Waals surface area contributed by atoms with Gasteiger partial charge in [0, 0.05) is 36.1 Å². The highest BCUT2D eigenvalue weighted by Crippen LogP contribution is 2.32. The van der Waals surface area contributed by atoms with E-state index < -0.39 is 0 Å². The van der Waals surface area contributed by atoms with Crippen LogP contribution >= 0.6 is 27.7 Å². The Morgan fingerprint density at radius 3 is 2.58 bits per heavy atom. The molecule has 1 aliphatic heterocycles. The number of thioether (sulfide) groups is 1. The molecule has 24 heavy (non-hydrogen) atoms. The summed E-state index contributed by atoms with van der Waals surface area (Å²) >= 11 is 5.08. The van der Waals surface area contributed by atoms with E-state index in [0.717, 1.165) is 42.0 Å². The van der Waals surface area contributed by atoms with Crippen molar-refractivity contribution in [3.8, 4) is 0 Å². The van der Waals surface area contributed by atoms with Crippen molar-refractivity contribution in [3.05, 3.63) is 53.4 Å². The molecule has 124 valence electrons. The van der Waals surface area contributed by atoms with Crippen LogP contribution in [-0.2, 0) is 5.33 Å². The van der Waals surface area contributed by atoms with Crippen LogP contribution in [0.5, 0.6) is 0 Å². The van der Waals surface area contributed by atoms with Crippen LogP contribution in [-0.4, -0.2) is 28.3 Å². The topological polar surface area (TPSA) is 33.4 Å². The van der Waals surface area contributed by atoms with Crippen molar-refractivity contribution in [2.45, 2.75) is 28.6 Å². The maximum Gasteiger partial charge on any atom is 0.190 e. The van der Waals surface area contributed by atoms with E-state index >= 15 is 0 Å². The van der Waals surface area contributed by atoms with Crippen molar-refractivity contribution in [2.24, 2.45) is 0 Å². The van der Waals surface area contributed by atoms with E-state index in [2.05, 4.69) is 35.6 Å². The second-order valence-electron chi connectivity index (χ2n) is 5.56. The minimum atomic E-state index is -0.316. The highest BCUT2D eigenvalue weighted by molar-refractivity contribution is 9.08. The lowest BCUT2D eigenvalue weighted by atomic mass is 10.1. The molecule has 0 aliphatic carbocycles. The fourth-order valence-corrected chi connectivity index (χ4v) is 3.92. The van der Waals surface area contributed by atoms with Gasteiger partial charge in [-0.3, -0.25) is 0 Å². The molecule has 0 N–H and O–H groups in total. The lowest BCUT2D eigenvalue weighted by Crippen LogP contribution is -2.35. The number of alkyl halides is 1. The third kappa shape index (κ3) is 4.05. The molecule has 1 fully saturated rings. The van der Waals surface area contributed by atoms with Crippen molar-refractivity contribution in [3.63, 3.8) is 0 Å². The number of hydrogen-bond acceptors (Lipinski definition) is 4. The number of aromatic nitrogens is 2. The van der Waals surface area contributed by atoms with Crippen molar-refractivity contribution < 1.29 is 4.39 Å². The van der Waals surface area contributed by atoms with E-state index in [1.165, 1.54) is 6.07 Å². The molecule has 2 aromatic rings. The number of nitrogens with zero attached hydrogens (tertiary/aromatic N) is 4. The maximum atomic E-state index is 14.1. The van der Waals surface area contributed by atoms with E-state index in [0.29, 0.717) is 16.6 Å². The summed E-state index contributed by atoms with van der Waals surface area (Å²) in [5.74, 6) is -0.316. The quantitative estimate of drug-likeness (QED) is 0.413. The normalized spacial score (nSPS) is 15.3. The molecular weight excluding hydrogens is 391 g/mol. The smallest absolute Gasteiger partial charge is 0.190 e. The third-order valence-corrected chi connectivity index (χ3v) is 5.82. The maximum absolute atomic E-state index is 14.1. The molecule has 1 saturated heterocycles. The van der Waals surface area contributed by atoms with Crippen molar-refractivity contribution in [1.29, 1.82) is 0 Å². The molecule has 2 heterocycles. The largest absolute Gasteiger partial charge is 0.369 e. The molecule has 0 radical (unpaired) electrons. The number of rotatable bonds is 4. The Labute approximate surface area is 153 Å². The number of piperidine rings is 1. The highest BCUT2D eigenvalue weighted by Gasteiger charge is 2.22. The molecule has 1 aliphatic rings. The van der Waals surface area contributed by atoms with Gasteiger partial charge in [-0.2, -0.15) is 0 Å². The van der Waals surface area contributed by atoms with E-state index in [9.17, 15) is 4.39 Å². The Hall–Kier alpha value is -1.65. The molecule has 1 aromatic carbocycles. The summed E-state index contributed by atoms with van der Waals surface area (Å²) in [5.41, 5.74) is 1.99. The zero-order chi connectivity index (χ0) is 16.9. The summed E-state index contributed by atoms with van der Waals surface area (Å²) in [5, 5.41) is 2.00. The number of halogens is 2. The Balaban J connectivity index is 1.58. The molecule has 0 spiro atoms. The molecule has 4 nitrogen and oxygen atoms in total. The van der Waals surface area contributed by atoms with Crippen LogP contribution in [0.4, 0.5) is 15.8 Å². The summed E-state index contributed by atoms with van der Waals surface area (Å²) in [6.45, 7) is 8.54. The summed E-state index contributed by atoms with van der Waals surface area (Å²) < 4.78 is 14.1. The number of hydrogen-bond donors (Lipinski definition) is 0. The van der Waals surface area contributed by atoms with Gasteiger partial charge in [-0.25, -0.2) is 19.2 Å². The summed E-state index contributed by atoms with van der Waals surface area (Å²) in [6, 6.07) is 4.69. The minimum Gasteiger partial charge on any atom is -0.369 e. The van der Waals surface area contributed by atoms with Crippen LogP contribution in [0.1, 0.15) is 18.4 Å². The van der Waals surface area contributed by atoms with Crippen LogP contribution in [0.15, 0.2) is 35.7 Å². The molecule has 1 aromatic heterocycles. The summed E-state index contributed by atoms with van der Waals surface area (Å²) in [4.78, 5) is 14.1. The van der Waals surface area contributed by atoms with Gasteiger partial charge in [0.15, 0.2) is 10.8 Å². The standard InChI is InChI=1S/C17H16BrFN4S/c1-20-13-2-3-16(15(19)8-13)23-6-4-14(5-7-23)24-17-21-10-12(9-18)11-22-17/h2-3,8,10-11,14H,4-7,9H2. The Morgan fingerprint density at radius 2 is 2.00 bits per heavy atom. The van der Waals surface area contributed by atoms with Crippen LogP contribution in [0, 0.1) is 12.4 Å². The molecule has 3 rings (SSSR count). The first-order chi connectivity index (χ1) is 11.7. The van der Waals surface area contributed by atoms with Gasteiger partial charge in [0.1, 0.15) is 5.82 Å². The van der Waals surface area contributed by atoms with Gasteiger partial charge in [0.25, 0.3) is 0 Å². The van der Waals surface area contributed by atoms with Gasteiger partial charge in [0.05, 0.1) is 12.3 Å². The van der Waals surface area contributed by atoms with Gasteiger partial charge >= 0.3 is 0 Å². The van der Waals surface area contributed by atoms with Gasteiger partial charge in [0.2, 0.25) is 0 Å². The SMILES string of the molecule is [C-]#[N+]c1ccc(N2CCC(Sc3ncc(CBr)cn3)CC2)c(F)c1.